The highest BCUT2D eigenvalue weighted by Crippen LogP contribution is 2.22. The number of amides is 2. The van der Waals surface area contributed by atoms with Crippen LogP contribution in [0.25, 0.3) is 0 Å². The number of halogens is 2. The minimum Gasteiger partial charge on any atom is -0.355 e. The van der Waals surface area contributed by atoms with Crippen LogP contribution in [-0.4, -0.2) is 23.7 Å². The maximum Gasteiger partial charge on any atom is 0.272 e. The molecule has 0 bridgehead atoms. The van der Waals surface area contributed by atoms with Crippen molar-refractivity contribution in [3.8, 4) is 0 Å². The molecule has 0 aliphatic carbocycles. The van der Waals surface area contributed by atoms with Crippen molar-refractivity contribution in [2.45, 2.75) is 38.4 Å². The van der Waals surface area contributed by atoms with Gasteiger partial charge < -0.3 is 16.0 Å². The third kappa shape index (κ3) is 4.40. The predicted molar refractivity (Wildman–Crippen MR) is 89.9 cm³/mol. The molecule has 0 saturated heterocycles. The van der Waals surface area contributed by atoms with Gasteiger partial charge in [-0.1, -0.05) is 25.1 Å². The molecule has 0 spiro atoms. The Morgan fingerprint density at radius 1 is 1.32 bits per heavy atom. The van der Waals surface area contributed by atoms with Gasteiger partial charge in [-0.3, -0.25) is 14.6 Å². The van der Waals surface area contributed by atoms with Crippen molar-refractivity contribution in [3.63, 3.8) is 0 Å². The third-order valence-corrected chi connectivity index (χ3v) is 3.77. The van der Waals surface area contributed by atoms with Gasteiger partial charge in [0.15, 0.2) is 0 Å². The number of alkyl halides is 2. The number of hydrogen-bond donors (Lipinski definition) is 3. The van der Waals surface area contributed by atoms with Crippen LogP contribution in [0.15, 0.2) is 41.7 Å². The van der Waals surface area contributed by atoms with Crippen LogP contribution in [0.5, 0.6) is 0 Å². The van der Waals surface area contributed by atoms with Crippen molar-refractivity contribution < 1.29 is 18.4 Å². The second kappa shape index (κ2) is 7.87. The molecule has 0 aromatic heterocycles. The van der Waals surface area contributed by atoms with Gasteiger partial charge in [-0.15, -0.1) is 0 Å². The molecular formula is C17H20F2N4O2. The first kappa shape index (κ1) is 18.6. The van der Waals surface area contributed by atoms with E-state index in [4.69, 9.17) is 0 Å². The third-order valence-electron chi connectivity index (χ3n) is 3.77. The van der Waals surface area contributed by atoms with Crippen molar-refractivity contribution in [1.29, 1.82) is 0 Å². The van der Waals surface area contributed by atoms with Crippen molar-refractivity contribution in [2.24, 2.45) is 4.99 Å². The highest BCUT2D eigenvalue weighted by Gasteiger charge is 2.39. The van der Waals surface area contributed by atoms with Gasteiger partial charge in [-0.25, -0.2) is 8.78 Å². The largest absolute Gasteiger partial charge is 0.355 e. The van der Waals surface area contributed by atoms with Gasteiger partial charge >= 0.3 is 0 Å². The Kier molecular flexibility index (Phi) is 5.84. The molecule has 1 aromatic rings. The topological polar surface area (TPSA) is 82.6 Å². The van der Waals surface area contributed by atoms with Crippen LogP contribution in [0.1, 0.15) is 43.9 Å². The number of carbonyl (C=O) groups is 2. The van der Waals surface area contributed by atoms with E-state index in [0.29, 0.717) is 5.56 Å². The molecule has 1 aromatic carbocycles. The molecule has 2 atom stereocenters. The normalized spacial score (nSPS) is 20.0. The van der Waals surface area contributed by atoms with E-state index in [1.54, 1.807) is 19.9 Å². The fraction of sp³-hybridized carbons (Fsp3) is 0.353. The highest BCUT2D eigenvalue weighted by molar-refractivity contribution is 6.06. The van der Waals surface area contributed by atoms with Crippen LogP contribution in [0.3, 0.4) is 0 Å². The molecule has 0 fully saturated rings. The van der Waals surface area contributed by atoms with E-state index >= 15 is 0 Å². The number of nitrogens with zero attached hydrogens (tertiary/aromatic N) is 1. The summed E-state index contributed by atoms with van der Waals surface area (Å²) in [6, 6.07) is 5.29. The van der Waals surface area contributed by atoms with Gasteiger partial charge in [-0.05, 0) is 18.6 Å². The first-order valence-corrected chi connectivity index (χ1v) is 7.85. The average molecular weight is 350 g/mol. The van der Waals surface area contributed by atoms with Gasteiger partial charge in [0.25, 0.3) is 12.3 Å². The van der Waals surface area contributed by atoms with E-state index in [2.05, 4.69) is 20.9 Å². The van der Waals surface area contributed by atoms with Crippen LogP contribution in [0, 0.1) is 0 Å². The fourth-order valence-electron chi connectivity index (χ4n) is 2.32. The molecule has 3 N–H and O–H groups in total. The van der Waals surface area contributed by atoms with Gasteiger partial charge in [-0.2, -0.15) is 0 Å². The Hall–Kier alpha value is -2.77. The van der Waals surface area contributed by atoms with Gasteiger partial charge in [0.1, 0.15) is 0 Å². The number of rotatable bonds is 6. The number of aliphatic imine (C=N–C) groups is 1. The SMILES string of the molecule is CCC(=O)NC1(C(=O)NC(C)c2cccc(C(F)F)c2)C=NC=CN1. The highest BCUT2D eigenvalue weighted by atomic mass is 19.3. The lowest BCUT2D eigenvalue weighted by atomic mass is 10.0. The minimum atomic E-state index is -2.59. The molecule has 0 radical (unpaired) electrons. The molecule has 1 aliphatic heterocycles. The summed E-state index contributed by atoms with van der Waals surface area (Å²) < 4.78 is 25.7. The van der Waals surface area contributed by atoms with E-state index in [1.807, 2.05) is 0 Å². The first-order chi connectivity index (χ1) is 11.9. The van der Waals surface area contributed by atoms with Crippen molar-refractivity contribution in [1.82, 2.24) is 16.0 Å². The second-order valence-corrected chi connectivity index (χ2v) is 5.61. The minimum absolute atomic E-state index is 0.118. The quantitative estimate of drug-likeness (QED) is 0.735. The van der Waals surface area contributed by atoms with Crippen molar-refractivity contribution in [2.75, 3.05) is 0 Å². The lowest BCUT2D eigenvalue weighted by Gasteiger charge is -2.32. The maximum absolute atomic E-state index is 12.8. The zero-order valence-corrected chi connectivity index (χ0v) is 13.9. The van der Waals surface area contributed by atoms with Crippen molar-refractivity contribution in [3.05, 3.63) is 47.8 Å². The van der Waals surface area contributed by atoms with Gasteiger partial charge in [0.05, 0.1) is 12.3 Å². The zero-order chi connectivity index (χ0) is 18.4. The molecule has 0 saturated carbocycles. The van der Waals surface area contributed by atoms with E-state index < -0.39 is 24.0 Å². The summed E-state index contributed by atoms with van der Waals surface area (Å²) in [5, 5.41) is 8.09. The van der Waals surface area contributed by atoms with Crippen molar-refractivity contribution >= 4 is 18.0 Å². The molecule has 1 heterocycles. The molecule has 6 nitrogen and oxygen atoms in total. The Morgan fingerprint density at radius 2 is 2.04 bits per heavy atom. The summed E-state index contributed by atoms with van der Waals surface area (Å²) in [6.45, 7) is 3.34. The Labute approximate surface area is 144 Å². The van der Waals surface area contributed by atoms with Crippen LogP contribution < -0.4 is 16.0 Å². The standard InChI is InChI=1S/C17H20F2N4O2/c1-3-14(24)23-17(10-20-7-8-21-17)16(25)22-11(2)12-5-4-6-13(9-12)15(18)19/h4-11,15,21H,3H2,1-2H3,(H,22,25)(H,23,24). The van der Waals surface area contributed by atoms with Crippen LogP contribution in [-0.2, 0) is 9.59 Å². The maximum atomic E-state index is 12.8. The summed E-state index contributed by atoms with van der Waals surface area (Å²) in [7, 11) is 0. The van der Waals surface area contributed by atoms with Crippen LogP contribution in [0.2, 0.25) is 0 Å². The average Bonchev–Trinajstić information content (AvgIpc) is 2.62. The van der Waals surface area contributed by atoms with Gasteiger partial charge in [0, 0.05) is 24.4 Å². The summed E-state index contributed by atoms with van der Waals surface area (Å²) >= 11 is 0. The Bertz CT molecular complexity index is 706. The predicted octanol–water partition coefficient (Wildman–Crippen LogP) is 2.17. The lowest BCUT2D eigenvalue weighted by molar-refractivity contribution is -0.132. The number of nitrogens with one attached hydrogen (secondary N) is 3. The van der Waals surface area contributed by atoms with Gasteiger partial charge in [0.2, 0.25) is 11.6 Å². The zero-order valence-electron chi connectivity index (χ0n) is 13.9. The summed E-state index contributed by atoms with van der Waals surface area (Å²) in [4.78, 5) is 28.4. The van der Waals surface area contributed by atoms with E-state index in [9.17, 15) is 18.4 Å². The summed E-state index contributed by atoms with van der Waals surface area (Å²) in [5.74, 6) is -0.880. The molecular weight excluding hydrogens is 330 g/mol. The number of hydrogen-bond acceptors (Lipinski definition) is 4. The van der Waals surface area contributed by atoms with E-state index in [0.717, 1.165) is 0 Å². The molecule has 2 rings (SSSR count). The van der Waals surface area contributed by atoms with E-state index in [-0.39, 0.29) is 17.9 Å². The number of benzene rings is 1. The fourth-order valence-corrected chi connectivity index (χ4v) is 2.32. The van der Waals surface area contributed by atoms with Crippen LogP contribution in [0.4, 0.5) is 8.78 Å². The summed E-state index contributed by atoms with van der Waals surface area (Å²) in [6.07, 6.45) is 1.78. The molecule has 2 unspecified atom stereocenters. The molecule has 1 aliphatic rings. The summed E-state index contributed by atoms with van der Waals surface area (Å²) in [5.41, 5.74) is -1.10. The van der Waals surface area contributed by atoms with Crippen LogP contribution >= 0.6 is 0 Å². The molecule has 134 valence electrons. The molecule has 25 heavy (non-hydrogen) atoms. The smallest absolute Gasteiger partial charge is 0.272 e. The Morgan fingerprint density at radius 3 is 2.64 bits per heavy atom. The second-order valence-electron chi connectivity index (χ2n) is 5.61. The van der Waals surface area contributed by atoms with E-state index in [1.165, 1.54) is 36.8 Å². The number of carbonyl (C=O) groups excluding carboxylic acids is 2. The molecule has 2 amide bonds. The Balaban J connectivity index is 2.17. The lowest BCUT2D eigenvalue weighted by Crippen LogP contribution is -2.67. The first-order valence-electron chi connectivity index (χ1n) is 7.85. The monoisotopic (exact) mass is 350 g/mol. The molecule has 8 heteroatoms.